The number of aromatic amines is 1. The molecule has 3 heteroatoms. The summed E-state index contributed by atoms with van der Waals surface area (Å²) in [7, 11) is 1.70. The molecule has 2 rings (SSSR count). The molecule has 0 fully saturated rings. The minimum absolute atomic E-state index is 0.223. The van der Waals surface area contributed by atoms with E-state index in [0.717, 1.165) is 11.3 Å². The number of benzene rings is 1. The van der Waals surface area contributed by atoms with Crippen LogP contribution in [-0.4, -0.2) is 18.2 Å². The van der Waals surface area contributed by atoms with Gasteiger partial charge in [-0.1, -0.05) is 12.1 Å². The molecule has 0 aliphatic heterocycles. The molecule has 0 radical (unpaired) electrons. The van der Waals surface area contributed by atoms with Crippen molar-refractivity contribution >= 4 is 6.21 Å². The molecule has 1 heterocycles. The van der Waals surface area contributed by atoms with Gasteiger partial charge < -0.3 is 4.98 Å². The summed E-state index contributed by atoms with van der Waals surface area (Å²) in [5, 5.41) is 0. The molecule has 76 valence electrons. The summed E-state index contributed by atoms with van der Waals surface area (Å²) in [4.78, 5) is 6.91. The second-order valence-corrected chi connectivity index (χ2v) is 3.21. The molecule has 2 nitrogen and oxygen atoms in total. The van der Waals surface area contributed by atoms with Crippen molar-refractivity contribution in [2.75, 3.05) is 7.05 Å². The van der Waals surface area contributed by atoms with Crippen molar-refractivity contribution in [3.63, 3.8) is 0 Å². The third-order valence-electron chi connectivity index (χ3n) is 2.15. The van der Waals surface area contributed by atoms with Gasteiger partial charge in [-0.3, -0.25) is 4.99 Å². The fraction of sp³-hybridized carbons (Fsp3) is 0.0833. The third-order valence-corrected chi connectivity index (χ3v) is 2.15. The average molecular weight is 202 g/mol. The van der Waals surface area contributed by atoms with E-state index in [2.05, 4.69) is 9.98 Å². The third kappa shape index (κ3) is 1.96. The Morgan fingerprint density at radius 3 is 2.87 bits per heavy atom. The molecule has 0 bridgehead atoms. The molecule has 15 heavy (non-hydrogen) atoms. The number of aromatic nitrogens is 1. The summed E-state index contributed by atoms with van der Waals surface area (Å²) < 4.78 is 13.4. The molecule has 0 spiro atoms. The summed E-state index contributed by atoms with van der Waals surface area (Å²) in [5.41, 5.74) is 2.28. The Hall–Kier alpha value is -1.90. The van der Waals surface area contributed by atoms with Crippen LogP contribution in [-0.2, 0) is 0 Å². The maximum absolute atomic E-state index is 13.4. The largest absolute Gasteiger partial charge is 0.360 e. The lowest BCUT2D eigenvalue weighted by Gasteiger charge is -1.98. The molecule has 0 aliphatic rings. The minimum atomic E-state index is -0.223. The van der Waals surface area contributed by atoms with E-state index in [1.54, 1.807) is 31.6 Å². The Labute approximate surface area is 87.5 Å². The van der Waals surface area contributed by atoms with E-state index in [1.165, 1.54) is 6.07 Å². The van der Waals surface area contributed by atoms with Crippen molar-refractivity contribution in [2.24, 2.45) is 4.99 Å². The Morgan fingerprint density at radius 2 is 2.13 bits per heavy atom. The fourth-order valence-corrected chi connectivity index (χ4v) is 1.47. The number of nitrogens with zero attached hydrogens (tertiary/aromatic N) is 1. The normalized spacial score (nSPS) is 11.1. The monoisotopic (exact) mass is 202 g/mol. The van der Waals surface area contributed by atoms with Crippen LogP contribution < -0.4 is 0 Å². The van der Waals surface area contributed by atoms with Crippen molar-refractivity contribution in [2.45, 2.75) is 0 Å². The molecule has 0 saturated heterocycles. The van der Waals surface area contributed by atoms with E-state index in [9.17, 15) is 4.39 Å². The number of halogens is 1. The summed E-state index contributed by atoms with van der Waals surface area (Å²) in [6.07, 6.45) is 3.52. The lowest BCUT2D eigenvalue weighted by molar-refractivity contribution is 0.631. The van der Waals surface area contributed by atoms with E-state index >= 15 is 0 Å². The van der Waals surface area contributed by atoms with E-state index in [0.29, 0.717) is 5.56 Å². The second-order valence-electron chi connectivity index (χ2n) is 3.21. The highest BCUT2D eigenvalue weighted by Gasteiger charge is 2.05. The topological polar surface area (TPSA) is 28.1 Å². The Bertz CT molecular complexity index is 486. The van der Waals surface area contributed by atoms with E-state index in [1.807, 2.05) is 12.1 Å². The van der Waals surface area contributed by atoms with Crippen LogP contribution in [0.4, 0.5) is 4.39 Å². The number of hydrogen-bond acceptors (Lipinski definition) is 1. The van der Waals surface area contributed by atoms with Crippen LogP contribution in [0.1, 0.15) is 5.56 Å². The Kier molecular flexibility index (Phi) is 2.63. The van der Waals surface area contributed by atoms with Gasteiger partial charge in [0.1, 0.15) is 5.82 Å². The first kappa shape index (κ1) is 9.65. The zero-order chi connectivity index (χ0) is 10.7. The van der Waals surface area contributed by atoms with Crippen molar-refractivity contribution in [3.8, 4) is 11.3 Å². The molecule has 2 aromatic rings. The molecule has 1 N–H and O–H groups in total. The first-order valence-corrected chi connectivity index (χ1v) is 4.67. The van der Waals surface area contributed by atoms with Gasteiger partial charge in [0.2, 0.25) is 0 Å². The quantitative estimate of drug-likeness (QED) is 0.725. The molecule has 0 saturated carbocycles. The highest BCUT2D eigenvalue weighted by molar-refractivity contribution is 5.82. The Morgan fingerprint density at radius 1 is 1.33 bits per heavy atom. The van der Waals surface area contributed by atoms with Gasteiger partial charge in [-0.2, -0.15) is 0 Å². The SMILES string of the molecule is CN=Cc1c[nH]c(-c2ccccc2F)c1. The molecular weight excluding hydrogens is 191 g/mol. The maximum atomic E-state index is 13.4. The lowest BCUT2D eigenvalue weighted by Crippen LogP contribution is -1.82. The van der Waals surface area contributed by atoms with Crippen LogP contribution in [0, 0.1) is 5.82 Å². The summed E-state index contributed by atoms with van der Waals surface area (Å²) in [5.74, 6) is -0.223. The number of nitrogens with one attached hydrogen (secondary N) is 1. The van der Waals surface area contributed by atoms with Gasteiger partial charge >= 0.3 is 0 Å². The first-order valence-electron chi connectivity index (χ1n) is 4.67. The minimum Gasteiger partial charge on any atom is -0.360 e. The summed E-state index contributed by atoms with van der Waals surface area (Å²) in [6, 6.07) is 8.55. The number of aliphatic imine (C=N–C) groups is 1. The zero-order valence-corrected chi connectivity index (χ0v) is 8.37. The fourth-order valence-electron chi connectivity index (χ4n) is 1.47. The van der Waals surface area contributed by atoms with Crippen LogP contribution in [0.15, 0.2) is 41.5 Å². The summed E-state index contributed by atoms with van der Waals surface area (Å²) >= 11 is 0. The first-order chi connectivity index (χ1) is 7.31. The van der Waals surface area contributed by atoms with Gasteiger partial charge in [0.15, 0.2) is 0 Å². The molecule has 0 atom stereocenters. The van der Waals surface area contributed by atoms with E-state index in [4.69, 9.17) is 0 Å². The van der Waals surface area contributed by atoms with E-state index in [-0.39, 0.29) is 5.82 Å². The van der Waals surface area contributed by atoms with Gasteiger partial charge in [-0.25, -0.2) is 4.39 Å². The smallest absolute Gasteiger partial charge is 0.132 e. The van der Waals surface area contributed by atoms with Gasteiger partial charge in [0.25, 0.3) is 0 Å². The molecule has 0 aliphatic carbocycles. The van der Waals surface area contributed by atoms with Crippen molar-refractivity contribution in [1.82, 2.24) is 4.98 Å². The summed E-state index contributed by atoms with van der Waals surface area (Å²) in [6.45, 7) is 0. The second kappa shape index (κ2) is 4.09. The number of hydrogen-bond donors (Lipinski definition) is 1. The van der Waals surface area contributed by atoms with Crippen LogP contribution >= 0.6 is 0 Å². The van der Waals surface area contributed by atoms with Gasteiger partial charge in [0.05, 0.1) is 0 Å². The predicted octanol–water partition coefficient (Wildman–Crippen LogP) is 2.87. The number of H-pyrrole nitrogens is 1. The molecule has 1 aromatic carbocycles. The lowest BCUT2D eigenvalue weighted by atomic mass is 10.1. The molecular formula is C12H11FN2. The van der Waals surface area contributed by atoms with E-state index < -0.39 is 0 Å². The van der Waals surface area contributed by atoms with Crippen molar-refractivity contribution in [1.29, 1.82) is 0 Å². The Balaban J connectivity index is 2.42. The van der Waals surface area contributed by atoms with Crippen LogP contribution in [0.5, 0.6) is 0 Å². The standard InChI is InChI=1S/C12H11FN2/c1-14-7-9-6-12(15-8-9)10-4-2-3-5-11(10)13/h2-8,15H,1H3. The molecule has 0 amide bonds. The molecule has 1 aromatic heterocycles. The predicted molar refractivity (Wildman–Crippen MR) is 59.7 cm³/mol. The highest BCUT2D eigenvalue weighted by Crippen LogP contribution is 2.21. The van der Waals surface area contributed by atoms with Crippen LogP contribution in [0.2, 0.25) is 0 Å². The van der Waals surface area contributed by atoms with Gasteiger partial charge in [-0.05, 0) is 18.2 Å². The van der Waals surface area contributed by atoms with Crippen molar-refractivity contribution < 1.29 is 4.39 Å². The number of rotatable bonds is 2. The highest BCUT2D eigenvalue weighted by atomic mass is 19.1. The average Bonchev–Trinajstić information content (AvgIpc) is 2.68. The zero-order valence-electron chi connectivity index (χ0n) is 8.37. The molecule has 0 unspecified atom stereocenters. The van der Waals surface area contributed by atoms with Gasteiger partial charge in [0, 0.05) is 36.3 Å². The maximum Gasteiger partial charge on any atom is 0.132 e. The van der Waals surface area contributed by atoms with Crippen molar-refractivity contribution in [3.05, 3.63) is 47.9 Å². The van der Waals surface area contributed by atoms with Crippen LogP contribution in [0.25, 0.3) is 11.3 Å². The van der Waals surface area contributed by atoms with Gasteiger partial charge in [-0.15, -0.1) is 0 Å². The van der Waals surface area contributed by atoms with Crippen LogP contribution in [0.3, 0.4) is 0 Å².